The van der Waals surface area contributed by atoms with Gasteiger partial charge in [0.2, 0.25) is 0 Å². The maximum absolute atomic E-state index is 13.0. The van der Waals surface area contributed by atoms with Gasteiger partial charge >= 0.3 is 6.18 Å². The van der Waals surface area contributed by atoms with Crippen molar-refractivity contribution in [1.82, 2.24) is 5.32 Å². The average molecular weight is 443 g/mol. The van der Waals surface area contributed by atoms with Gasteiger partial charge in [-0.15, -0.1) is 24.0 Å². The van der Waals surface area contributed by atoms with E-state index in [-0.39, 0.29) is 47.8 Å². The van der Waals surface area contributed by atoms with Gasteiger partial charge in [-0.3, -0.25) is 0 Å². The molecule has 1 fully saturated rings. The predicted molar refractivity (Wildman–Crippen MR) is 94.1 cm³/mol. The molecule has 0 unspecified atom stereocenters. The fourth-order valence-corrected chi connectivity index (χ4v) is 2.26. The van der Waals surface area contributed by atoms with Crippen LogP contribution in [-0.2, 0) is 12.7 Å². The number of hydrogen-bond acceptors (Lipinski definition) is 2. The standard InChI is InChI=1S/C15H20F3N3O.HI/c1-22-12-6-5-11(13(7-12)15(16,17)18)9-21-14(19)20-8-10-3-2-4-10;/h5-7,10H,2-4,8-9H2,1H3,(H3,19,20,21);1H. The highest BCUT2D eigenvalue weighted by atomic mass is 127. The number of nitrogens with two attached hydrogens (primary N) is 1. The number of aliphatic imine (C=N–C) groups is 1. The maximum Gasteiger partial charge on any atom is 0.416 e. The normalized spacial score (nSPS) is 15.6. The van der Waals surface area contributed by atoms with Crippen molar-refractivity contribution in [2.75, 3.05) is 13.7 Å². The molecule has 23 heavy (non-hydrogen) atoms. The molecule has 0 amide bonds. The first kappa shape index (κ1) is 19.9. The fraction of sp³-hybridized carbons (Fsp3) is 0.533. The summed E-state index contributed by atoms with van der Waals surface area (Å²) >= 11 is 0. The van der Waals surface area contributed by atoms with E-state index >= 15 is 0 Å². The summed E-state index contributed by atoms with van der Waals surface area (Å²) in [5, 5.41) is 2.96. The minimum Gasteiger partial charge on any atom is -0.497 e. The third-order valence-electron chi connectivity index (χ3n) is 3.84. The molecule has 0 atom stereocenters. The fourth-order valence-electron chi connectivity index (χ4n) is 2.26. The molecule has 1 saturated carbocycles. The van der Waals surface area contributed by atoms with Gasteiger partial charge in [-0.2, -0.15) is 13.2 Å². The van der Waals surface area contributed by atoms with E-state index in [1.165, 1.54) is 25.7 Å². The zero-order valence-corrected chi connectivity index (χ0v) is 15.2. The quantitative estimate of drug-likeness (QED) is 0.416. The third kappa shape index (κ3) is 5.74. The maximum atomic E-state index is 13.0. The lowest BCUT2D eigenvalue weighted by Gasteiger charge is -2.25. The first-order chi connectivity index (χ1) is 10.4. The minimum absolute atomic E-state index is 0. The van der Waals surface area contributed by atoms with Crippen molar-refractivity contribution < 1.29 is 17.9 Å². The van der Waals surface area contributed by atoms with Gasteiger partial charge in [-0.25, -0.2) is 4.99 Å². The van der Waals surface area contributed by atoms with Crippen LogP contribution in [0.15, 0.2) is 23.2 Å². The molecule has 1 aromatic carbocycles. The van der Waals surface area contributed by atoms with Crippen molar-refractivity contribution in [3.05, 3.63) is 29.3 Å². The summed E-state index contributed by atoms with van der Waals surface area (Å²) in [5.41, 5.74) is 5.02. The van der Waals surface area contributed by atoms with E-state index in [1.54, 1.807) is 0 Å². The van der Waals surface area contributed by atoms with Crippen molar-refractivity contribution in [3.8, 4) is 5.75 Å². The Hall–Kier alpha value is -1.19. The number of halogens is 4. The highest BCUT2D eigenvalue weighted by Gasteiger charge is 2.33. The molecule has 0 aliphatic heterocycles. The second kappa shape index (κ2) is 8.60. The van der Waals surface area contributed by atoms with Crippen molar-refractivity contribution in [1.29, 1.82) is 0 Å². The smallest absolute Gasteiger partial charge is 0.416 e. The van der Waals surface area contributed by atoms with Crippen molar-refractivity contribution in [2.45, 2.75) is 32.0 Å². The zero-order valence-electron chi connectivity index (χ0n) is 12.8. The van der Waals surface area contributed by atoms with Gasteiger partial charge in [0.15, 0.2) is 5.96 Å². The minimum atomic E-state index is -4.45. The topological polar surface area (TPSA) is 59.6 Å². The van der Waals surface area contributed by atoms with Crippen LogP contribution in [0, 0.1) is 5.92 Å². The first-order valence-corrected chi connectivity index (χ1v) is 7.18. The molecule has 1 aromatic rings. The summed E-state index contributed by atoms with van der Waals surface area (Å²) in [7, 11) is 1.33. The molecule has 130 valence electrons. The Labute approximate surface area is 150 Å². The number of guanidine groups is 1. The third-order valence-corrected chi connectivity index (χ3v) is 3.84. The summed E-state index contributed by atoms with van der Waals surface area (Å²) in [6.45, 7) is 0.604. The number of rotatable bonds is 5. The molecule has 1 aliphatic carbocycles. The molecule has 0 aromatic heterocycles. The van der Waals surface area contributed by atoms with E-state index in [2.05, 4.69) is 10.3 Å². The second-order valence-corrected chi connectivity index (χ2v) is 5.40. The van der Waals surface area contributed by atoms with Gasteiger partial charge in [-0.05, 0) is 36.5 Å². The van der Waals surface area contributed by atoms with E-state index in [0.717, 1.165) is 25.5 Å². The van der Waals surface area contributed by atoms with Crippen LogP contribution in [0.3, 0.4) is 0 Å². The van der Waals surface area contributed by atoms with Crippen molar-refractivity contribution >= 4 is 29.9 Å². The highest BCUT2D eigenvalue weighted by Crippen LogP contribution is 2.34. The number of ether oxygens (including phenoxy) is 1. The van der Waals surface area contributed by atoms with Gasteiger partial charge in [0.1, 0.15) is 5.75 Å². The lowest BCUT2D eigenvalue weighted by atomic mass is 9.85. The van der Waals surface area contributed by atoms with Crippen molar-refractivity contribution in [2.24, 2.45) is 16.6 Å². The van der Waals surface area contributed by atoms with Crippen molar-refractivity contribution in [3.63, 3.8) is 0 Å². The van der Waals surface area contributed by atoms with Crippen LogP contribution >= 0.6 is 24.0 Å². The molecule has 0 spiro atoms. The Balaban J connectivity index is 0.00000264. The predicted octanol–water partition coefficient (Wildman–Crippen LogP) is 3.54. The molecule has 4 nitrogen and oxygen atoms in total. The molecular weight excluding hydrogens is 422 g/mol. The summed E-state index contributed by atoms with van der Waals surface area (Å²) in [6.07, 6.45) is -0.897. The van der Waals surface area contributed by atoms with Crippen LogP contribution < -0.4 is 15.8 Å². The van der Waals surface area contributed by atoms with Crippen LogP contribution in [0.5, 0.6) is 5.75 Å². The highest BCUT2D eigenvalue weighted by molar-refractivity contribution is 14.0. The van der Waals surface area contributed by atoms with Gasteiger partial charge in [-0.1, -0.05) is 12.5 Å². The largest absolute Gasteiger partial charge is 0.497 e. The Morgan fingerprint density at radius 2 is 2.09 bits per heavy atom. The Morgan fingerprint density at radius 1 is 1.39 bits per heavy atom. The molecule has 3 N–H and O–H groups in total. The van der Waals surface area contributed by atoms with Crippen LogP contribution in [0.4, 0.5) is 13.2 Å². The number of nitrogens with one attached hydrogen (secondary N) is 1. The van der Waals surface area contributed by atoms with Crippen LogP contribution in [0.1, 0.15) is 30.4 Å². The molecule has 0 radical (unpaired) electrons. The van der Waals surface area contributed by atoms with E-state index in [1.807, 2.05) is 0 Å². The number of methoxy groups -OCH3 is 1. The van der Waals surface area contributed by atoms with Gasteiger partial charge in [0.25, 0.3) is 0 Å². The summed E-state index contributed by atoms with van der Waals surface area (Å²) in [4.78, 5) is 4.00. The molecular formula is C15H21F3IN3O. The summed E-state index contributed by atoms with van der Waals surface area (Å²) < 4.78 is 44.0. The van der Waals surface area contributed by atoms with E-state index in [4.69, 9.17) is 10.5 Å². The Morgan fingerprint density at radius 3 is 2.61 bits per heavy atom. The number of hydrogen-bond donors (Lipinski definition) is 2. The Bertz CT molecular complexity index is 545. The molecule has 0 bridgehead atoms. The lowest BCUT2D eigenvalue weighted by molar-refractivity contribution is -0.138. The molecule has 1 aliphatic rings. The average Bonchev–Trinajstić information content (AvgIpc) is 2.42. The summed E-state index contributed by atoms with van der Waals surface area (Å²) in [6, 6.07) is 3.82. The molecule has 2 rings (SSSR count). The molecule has 8 heteroatoms. The van der Waals surface area contributed by atoms with Crippen LogP contribution in [0.25, 0.3) is 0 Å². The first-order valence-electron chi connectivity index (χ1n) is 7.18. The van der Waals surface area contributed by atoms with Crippen LogP contribution in [0.2, 0.25) is 0 Å². The van der Waals surface area contributed by atoms with Crippen LogP contribution in [-0.4, -0.2) is 19.6 Å². The molecule has 0 heterocycles. The number of nitrogens with zero attached hydrogens (tertiary/aromatic N) is 1. The van der Waals surface area contributed by atoms with E-state index in [0.29, 0.717) is 5.92 Å². The lowest BCUT2D eigenvalue weighted by Crippen LogP contribution is -2.37. The SMILES string of the molecule is COc1ccc(CN=C(N)NCC2CCC2)c(C(F)(F)F)c1.I. The van der Waals surface area contributed by atoms with Gasteiger partial charge < -0.3 is 15.8 Å². The molecule has 0 saturated heterocycles. The number of alkyl halides is 3. The Kier molecular flexibility index (Phi) is 7.43. The second-order valence-electron chi connectivity index (χ2n) is 5.40. The van der Waals surface area contributed by atoms with E-state index < -0.39 is 11.7 Å². The monoisotopic (exact) mass is 443 g/mol. The van der Waals surface area contributed by atoms with E-state index in [9.17, 15) is 13.2 Å². The van der Waals surface area contributed by atoms with Gasteiger partial charge in [0.05, 0.1) is 19.2 Å². The number of benzene rings is 1. The van der Waals surface area contributed by atoms with Gasteiger partial charge in [0, 0.05) is 6.54 Å². The zero-order chi connectivity index (χ0) is 16.2. The summed E-state index contributed by atoms with van der Waals surface area (Å²) in [5.74, 6) is 0.937.